The maximum Gasteiger partial charge on any atom is 0.252 e. The van der Waals surface area contributed by atoms with Crippen LogP contribution in [-0.4, -0.2) is 85.0 Å². The van der Waals surface area contributed by atoms with Crippen LogP contribution in [-0.2, 0) is 9.53 Å². The lowest BCUT2D eigenvalue weighted by Crippen LogP contribution is -2.42. The van der Waals surface area contributed by atoms with Crippen molar-refractivity contribution in [3.8, 4) is 11.8 Å². The molecule has 11 nitrogen and oxygen atoms in total. The minimum absolute atomic E-state index is 0.152. The normalized spacial score (nSPS) is 26.5. The number of likely N-dealkylation sites (N-methyl/N-ethyl adjacent to an activating group) is 1. The van der Waals surface area contributed by atoms with Crippen LogP contribution in [0.3, 0.4) is 0 Å². The summed E-state index contributed by atoms with van der Waals surface area (Å²) in [5.41, 5.74) is 6.67. The number of nitrogens with one attached hydrogen (secondary N) is 1. The monoisotopic (exact) mass is 429 g/mol. The van der Waals surface area contributed by atoms with E-state index in [1.165, 1.54) is 30.2 Å². The molecule has 2 saturated heterocycles. The largest absolute Gasteiger partial charge is 0.387 e. The van der Waals surface area contributed by atoms with E-state index >= 15 is 0 Å². The highest BCUT2D eigenvalue weighted by Crippen LogP contribution is 2.32. The molecule has 11 heteroatoms. The van der Waals surface area contributed by atoms with Crippen molar-refractivity contribution in [3.05, 3.63) is 12.2 Å². The standard InChI is InChI=1S/C20H27N7O4/c1-2-22-19(30)16-14(28)15(29)20(31-16)27-11-23-13-17(21)24-12(25-18(13)27)7-6-10-26-8-4-3-5-9-26/h11,14-16,20,28-29H,2-5,8-10H2,1H3,(H,22,30)(H2,21,24,25)/t14?,15-,16-,20+/m0/s1. The van der Waals surface area contributed by atoms with Crippen molar-refractivity contribution in [1.29, 1.82) is 0 Å². The summed E-state index contributed by atoms with van der Waals surface area (Å²) in [7, 11) is 0. The third-order valence-electron chi connectivity index (χ3n) is 5.52. The Morgan fingerprint density at radius 2 is 2.06 bits per heavy atom. The number of anilines is 1. The van der Waals surface area contributed by atoms with Crippen LogP contribution in [0.4, 0.5) is 5.82 Å². The van der Waals surface area contributed by atoms with Crippen LogP contribution >= 0.6 is 0 Å². The van der Waals surface area contributed by atoms with E-state index in [-0.39, 0.29) is 11.6 Å². The van der Waals surface area contributed by atoms with Gasteiger partial charge in [-0.05, 0) is 38.8 Å². The van der Waals surface area contributed by atoms with Gasteiger partial charge in [-0.2, -0.15) is 0 Å². The molecule has 0 saturated carbocycles. The number of likely N-dealkylation sites (tertiary alicyclic amines) is 1. The fourth-order valence-corrected chi connectivity index (χ4v) is 3.91. The van der Waals surface area contributed by atoms with E-state index < -0.39 is 30.4 Å². The fraction of sp³-hybridized carbons (Fsp3) is 0.600. The third kappa shape index (κ3) is 4.33. The Morgan fingerprint density at radius 3 is 2.81 bits per heavy atom. The van der Waals surface area contributed by atoms with Gasteiger partial charge in [-0.1, -0.05) is 12.3 Å². The number of aliphatic hydroxyl groups is 2. The molecule has 4 atom stereocenters. The third-order valence-corrected chi connectivity index (χ3v) is 5.52. The summed E-state index contributed by atoms with van der Waals surface area (Å²) in [5, 5.41) is 23.4. The van der Waals surface area contributed by atoms with Crippen molar-refractivity contribution in [2.75, 3.05) is 31.9 Å². The molecule has 0 aromatic carbocycles. The summed E-state index contributed by atoms with van der Waals surface area (Å²) in [6.07, 6.45) is 0.00557. The molecular weight excluding hydrogens is 402 g/mol. The van der Waals surface area contributed by atoms with Gasteiger partial charge in [-0.25, -0.2) is 15.0 Å². The Kier molecular flexibility index (Phi) is 6.33. The number of carbonyl (C=O) groups excluding carboxylic acids is 1. The summed E-state index contributed by atoms with van der Waals surface area (Å²) < 4.78 is 7.10. The smallest absolute Gasteiger partial charge is 0.252 e. The molecule has 0 spiro atoms. The van der Waals surface area contributed by atoms with Gasteiger partial charge in [-0.3, -0.25) is 14.3 Å². The second-order valence-corrected chi connectivity index (χ2v) is 7.72. The molecule has 4 heterocycles. The van der Waals surface area contributed by atoms with Crippen molar-refractivity contribution >= 4 is 22.9 Å². The molecular formula is C20H27N7O4. The van der Waals surface area contributed by atoms with E-state index in [0.29, 0.717) is 24.3 Å². The number of ether oxygens (including phenoxy) is 1. The van der Waals surface area contributed by atoms with Crippen molar-refractivity contribution in [1.82, 2.24) is 29.7 Å². The van der Waals surface area contributed by atoms with Gasteiger partial charge in [0.1, 0.15) is 17.7 Å². The molecule has 166 valence electrons. The van der Waals surface area contributed by atoms with Crippen LogP contribution in [0.15, 0.2) is 6.33 Å². The van der Waals surface area contributed by atoms with Gasteiger partial charge < -0.3 is 26.0 Å². The van der Waals surface area contributed by atoms with Crippen molar-refractivity contribution in [3.63, 3.8) is 0 Å². The number of nitrogen functional groups attached to an aromatic ring is 1. The molecule has 2 aromatic heterocycles. The zero-order valence-corrected chi connectivity index (χ0v) is 17.4. The highest BCUT2D eigenvalue weighted by atomic mass is 16.6. The van der Waals surface area contributed by atoms with Crippen LogP contribution in [0.5, 0.6) is 0 Å². The Labute approximate surface area is 179 Å². The van der Waals surface area contributed by atoms with E-state index in [1.54, 1.807) is 6.92 Å². The highest BCUT2D eigenvalue weighted by molar-refractivity contribution is 5.83. The molecule has 2 aliphatic heterocycles. The molecule has 5 N–H and O–H groups in total. The molecule has 2 fully saturated rings. The summed E-state index contributed by atoms with van der Waals surface area (Å²) in [5.74, 6) is 5.92. The molecule has 2 aromatic rings. The number of aromatic nitrogens is 4. The highest BCUT2D eigenvalue weighted by Gasteiger charge is 2.47. The summed E-state index contributed by atoms with van der Waals surface area (Å²) in [6.45, 7) is 4.84. The van der Waals surface area contributed by atoms with Crippen molar-refractivity contribution < 1.29 is 19.7 Å². The van der Waals surface area contributed by atoms with E-state index in [9.17, 15) is 15.0 Å². The average molecular weight is 429 g/mol. The lowest BCUT2D eigenvalue weighted by molar-refractivity contribution is -0.137. The van der Waals surface area contributed by atoms with Gasteiger partial charge >= 0.3 is 0 Å². The molecule has 1 amide bonds. The lowest BCUT2D eigenvalue weighted by atomic mass is 10.1. The molecule has 0 aliphatic carbocycles. The lowest BCUT2D eigenvalue weighted by Gasteiger charge is -2.23. The number of hydrogen-bond donors (Lipinski definition) is 4. The van der Waals surface area contributed by atoms with Gasteiger partial charge in [0, 0.05) is 6.54 Å². The topological polar surface area (TPSA) is 152 Å². The second-order valence-electron chi connectivity index (χ2n) is 7.72. The number of piperidine rings is 1. The minimum atomic E-state index is -1.39. The van der Waals surface area contributed by atoms with Gasteiger partial charge in [0.05, 0.1) is 12.9 Å². The number of amides is 1. The zero-order valence-electron chi connectivity index (χ0n) is 17.4. The maximum absolute atomic E-state index is 12.1. The molecule has 31 heavy (non-hydrogen) atoms. The number of imidazole rings is 1. The number of hydrogen-bond acceptors (Lipinski definition) is 9. The molecule has 2 aliphatic rings. The van der Waals surface area contributed by atoms with E-state index in [4.69, 9.17) is 10.5 Å². The Balaban J connectivity index is 1.58. The van der Waals surface area contributed by atoms with Gasteiger partial charge in [0.15, 0.2) is 23.8 Å². The number of nitrogens with zero attached hydrogens (tertiary/aromatic N) is 5. The number of carbonyl (C=O) groups is 1. The fourth-order valence-electron chi connectivity index (χ4n) is 3.91. The van der Waals surface area contributed by atoms with Crippen LogP contribution in [0.2, 0.25) is 0 Å². The SMILES string of the molecule is CCNC(=O)[C@H]1O[C@@H](n2cnc3c(N)nc(C#CCN4CCCCC4)nc32)[C@@H](O)C1O. The maximum atomic E-state index is 12.1. The van der Waals surface area contributed by atoms with Crippen LogP contribution in [0, 0.1) is 11.8 Å². The minimum Gasteiger partial charge on any atom is -0.387 e. The molecule has 0 bridgehead atoms. The van der Waals surface area contributed by atoms with E-state index in [0.717, 1.165) is 13.1 Å². The van der Waals surface area contributed by atoms with Gasteiger partial charge in [0.25, 0.3) is 5.91 Å². The Hall–Kier alpha value is -2.78. The predicted molar refractivity (Wildman–Crippen MR) is 112 cm³/mol. The van der Waals surface area contributed by atoms with E-state index in [2.05, 4.69) is 37.0 Å². The molecule has 4 rings (SSSR count). The van der Waals surface area contributed by atoms with Crippen LogP contribution in [0.1, 0.15) is 38.2 Å². The van der Waals surface area contributed by atoms with Crippen molar-refractivity contribution in [2.45, 2.75) is 50.7 Å². The summed E-state index contributed by atoms with van der Waals surface area (Å²) in [4.78, 5) is 27.3. The first-order chi connectivity index (χ1) is 15.0. The number of rotatable bonds is 4. The molecule has 1 unspecified atom stereocenters. The Morgan fingerprint density at radius 1 is 1.29 bits per heavy atom. The summed E-state index contributed by atoms with van der Waals surface area (Å²) >= 11 is 0. The quantitative estimate of drug-likeness (QED) is 0.449. The summed E-state index contributed by atoms with van der Waals surface area (Å²) in [6, 6.07) is 0. The Bertz CT molecular complexity index is 1010. The number of fused-ring (bicyclic) bond motifs is 1. The number of aliphatic hydroxyl groups excluding tert-OH is 2. The average Bonchev–Trinajstić information content (AvgIpc) is 3.31. The zero-order chi connectivity index (χ0) is 22.0. The number of nitrogens with two attached hydrogens (primary N) is 1. The first-order valence-electron chi connectivity index (χ1n) is 10.5. The van der Waals surface area contributed by atoms with Crippen LogP contribution < -0.4 is 11.1 Å². The second kappa shape index (κ2) is 9.15. The first kappa shape index (κ1) is 21.5. The van der Waals surface area contributed by atoms with Crippen LogP contribution in [0.25, 0.3) is 11.2 Å². The van der Waals surface area contributed by atoms with Gasteiger partial charge in [0.2, 0.25) is 5.82 Å². The molecule has 0 radical (unpaired) electrons. The predicted octanol–water partition coefficient (Wildman–Crippen LogP) is -0.999. The van der Waals surface area contributed by atoms with Crippen molar-refractivity contribution in [2.24, 2.45) is 0 Å². The first-order valence-corrected chi connectivity index (χ1v) is 10.5. The van der Waals surface area contributed by atoms with E-state index in [1.807, 2.05) is 0 Å². The van der Waals surface area contributed by atoms with Gasteiger partial charge in [-0.15, -0.1) is 0 Å².